The van der Waals surface area contributed by atoms with Crippen molar-refractivity contribution >= 4 is 28.3 Å². The molecule has 0 radical (unpaired) electrons. The number of aryl methyl sites for hydroxylation is 1. The van der Waals surface area contributed by atoms with Crippen molar-refractivity contribution in [2.24, 2.45) is 0 Å². The van der Waals surface area contributed by atoms with E-state index in [1.54, 1.807) is 12.1 Å². The second kappa shape index (κ2) is 5.48. The quantitative estimate of drug-likeness (QED) is 0.582. The molecule has 2 rings (SSSR count). The summed E-state index contributed by atoms with van der Waals surface area (Å²) in [7, 11) is 0. The topological polar surface area (TPSA) is 52.5 Å². The summed E-state index contributed by atoms with van der Waals surface area (Å²) in [5.74, 6) is -0.184. The number of phenolic OH excluding ortho intramolecular Hbond substituents is 2. The molecule has 0 saturated heterocycles. The predicted molar refractivity (Wildman–Crippen MR) is 81.0 cm³/mol. The maximum atomic E-state index is 9.40. The zero-order valence-corrected chi connectivity index (χ0v) is 12.1. The molecular weight excluding hydrogens is 341 g/mol. The van der Waals surface area contributed by atoms with Crippen LogP contribution in [0.25, 0.3) is 0 Å². The van der Waals surface area contributed by atoms with Gasteiger partial charge < -0.3 is 15.5 Å². The molecule has 0 amide bonds. The smallest absolute Gasteiger partial charge is 0.157 e. The molecule has 0 spiro atoms. The maximum absolute atomic E-state index is 9.40. The zero-order chi connectivity index (χ0) is 13.1. The van der Waals surface area contributed by atoms with Gasteiger partial charge in [0.15, 0.2) is 11.5 Å². The molecule has 2 aromatic carbocycles. The van der Waals surface area contributed by atoms with Crippen molar-refractivity contribution in [3.63, 3.8) is 0 Å². The van der Waals surface area contributed by atoms with Crippen molar-refractivity contribution in [3.8, 4) is 11.5 Å². The molecule has 94 valence electrons. The minimum atomic E-state index is -0.0939. The Morgan fingerprint density at radius 2 is 1.83 bits per heavy atom. The summed E-state index contributed by atoms with van der Waals surface area (Å²) in [5, 5.41) is 21.9. The van der Waals surface area contributed by atoms with Crippen LogP contribution in [0.1, 0.15) is 11.1 Å². The molecule has 3 nitrogen and oxygen atoms in total. The molecule has 3 N–H and O–H groups in total. The third-order valence-corrected chi connectivity index (χ3v) is 3.87. The van der Waals surface area contributed by atoms with Crippen LogP contribution in [0.3, 0.4) is 0 Å². The molecule has 0 aliphatic carbocycles. The van der Waals surface area contributed by atoms with Crippen LogP contribution in [0.4, 0.5) is 5.69 Å². The van der Waals surface area contributed by atoms with Gasteiger partial charge in [-0.3, -0.25) is 0 Å². The fourth-order valence-corrected chi connectivity index (χ4v) is 2.10. The summed E-state index contributed by atoms with van der Waals surface area (Å²) in [6.07, 6.45) is 0. The van der Waals surface area contributed by atoms with E-state index in [-0.39, 0.29) is 11.5 Å². The van der Waals surface area contributed by atoms with E-state index in [9.17, 15) is 10.2 Å². The number of benzene rings is 2. The molecule has 0 atom stereocenters. The largest absolute Gasteiger partial charge is 0.504 e. The number of aromatic hydroxyl groups is 2. The molecular formula is C14H14INO2. The summed E-state index contributed by atoms with van der Waals surface area (Å²) in [6.45, 7) is 2.68. The maximum Gasteiger partial charge on any atom is 0.157 e. The highest BCUT2D eigenvalue weighted by Crippen LogP contribution is 2.25. The first-order valence-corrected chi connectivity index (χ1v) is 6.65. The lowest BCUT2D eigenvalue weighted by Crippen LogP contribution is -1.99. The van der Waals surface area contributed by atoms with Crippen LogP contribution in [-0.4, -0.2) is 10.2 Å². The van der Waals surface area contributed by atoms with Gasteiger partial charge in [0.05, 0.1) is 0 Å². The number of hydrogen-bond acceptors (Lipinski definition) is 3. The van der Waals surface area contributed by atoms with E-state index in [2.05, 4.69) is 47.0 Å². The Labute approximate surface area is 120 Å². The van der Waals surface area contributed by atoms with Gasteiger partial charge in [0, 0.05) is 15.8 Å². The average molecular weight is 355 g/mol. The number of nitrogens with one attached hydrogen (secondary N) is 1. The summed E-state index contributed by atoms with van der Waals surface area (Å²) in [4.78, 5) is 0. The number of halogens is 1. The van der Waals surface area contributed by atoms with Crippen molar-refractivity contribution in [2.45, 2.75) is 13.5 Å². The molecule has 0 saturated carbocycles. The Hall–Kier alpha value is -1.43. The standard InChI is InChI=1S/C14H14INO2/c1-9-2-4-11(7-12(9)15)16-8-10-3-5-13(17)14(18)6-10/h2-7,16-18H,8H2,1H3. The predicted octanol–water partition coefficient (Wildman–Crippen LogP) is 3.62. The molecule has 0 aliphatic rings. The highest BCUT2D eigenvalue weighted by Gasteiger charge is 2.01. The van der Waals surface area contributed by atoms with Gasteiger partial charge in [0.25, 0.3) is 0 Å². The van der Waals surface area contributed by atoms with Crippen LogP contribution < -0.4 is 5.32 Å². The molecule has 0 aliphatic heterocycles. The first kappa shape index (κ1) is 13.0. The lowest BCUT2D eigenvalue weighted by atomic mass is 10.2. The van der Waals surface area contributed by atoms with E-state index < -0.39 is 0 Å². The van der Waals surface area contributed by atoms with Crippen molar-refractivity contribution in [1.29, 1.82) is 0 Å². The van der Waals surface area contributed by atoms with Crippen LogP contribution in [0.15, 0.2) is 36.4 Å². The van der Waals surface area contributed by atoms with Gasteiger partial charge in [-0.15, -0.1) is 0 Å². The molecule has 4 heteroatoms. The van der Waals surface area contributed by atoms with Crippen molar-refractivity contribution in [3.05, 3.63) is 51.1 Å². The van der Waals surface area contributed by atoms with Crippen molar-refractivity contribution < 1.29 is 10.2 Å². The molecule has 2 aromatic rings. The Balaban J connectivity index is 2.06. The van der Waals surface area contributed by atoms with Gasteiger partial charge in [-0.05, 0) is 64.9 Å². The van der Waals surface area contributed by atoms with Gasteiger partial charge >= 0.3 is 0 Å². The lowest BCUT2D eigenvalue weighted by Gasteiger charge is -2.09. The van der Waals surface area contributed by atoms with E-state index in [1.165, 1.54) is 15.2 Å². The van der Waals surface area contributed by atoms with E-state index in [4.69, 9.17) is 0 Å². The fraction of sp³-hybridized carbons (Fsp3) is 0.143. The Kier molecular flexibility index (Phi) is 3.96. The number of rotatable bonds is 3. The normalized spacial score (nSPS) is 10.3. The summed E-state index contributed by atoms with van der Waals surface area (Å²) < 4.78 is 1.21. The highest BCUT2D eigenvalue weighted by molar-refractivity contribution is 14.1. The summed E-state index contributed by atoms with van der Waals surface area (Å²) in [6, 6.07) is 11.0. The van der Waals surface area contributed by atoms with E-state index in [0.29, 0.717) is 6.54 Å². The number of anilines is 1. The third-order valence-electron chi connectivity index (χ3n) is 2.71. The minimum absolute atomic E-state index is 0.0900. The Morgan fingerprint density at radius 1 is 1.06 bits per heavy atom. The van der Waals surface area contributed by atoms with Crippen molar-refractivity contribution in [1.82, 2.24) is 0 Å². The first-order chi connectivity index (χ1) is 8.56. The van der Waals surface area contributed by atoms with Crippen LogP contribution in [-0.2, 0) is 6.54 Å². The van der Waals surface area contributed by atoms with Gasteiger partial charge in [-0.1, -0.05) is 12.1 Å². The average Bonchev–Trinajstić information content (AvgIpc) is 2.35. The first-order valence-electron chi connectivity index (χ1n) is 5.57. The SMILES string of the molecule is Cc1ccc(NCc2ccc(O)c(O)c2)cc1I. The second-order valence-electron chi connectivity index (χ2n) is 4.14. The summed E-state index contributed by atoms with van der Waals surface area (Å²) >= 11 is 2.30. The van der Waals surface area contributed by atoms with E-state index in [0.717, 1.165) is 11.3 Å². The molecule has 0 unspecified atom stereocenters. The highest BCUT2D eigenvalue weighted by atomic mass is 127. The zero-order valence-electron chi connectivity index (χ0n) is 9.94. The second-order valence-corrected chi connectivity index (χ2v) is 5.30. The molecule has 0 heterocycles. The Morgan fingerprint density at radius 3 is 2.50 bits per heavy atom. The third kappa shape index (κ3) is 3.07. The minimum Gasteiger partial charge on any atom is -0.504 e. The summed E-state index contributed by atoms with van der Waals surface area (Å²) in [5.41, 5.74) is 3.21. The molecule has 0 aromatic heterocycles. The number of phenols is 2. The fourth-order valence-electron chi connectivity index (χ4n) is 1.59. The van der Waals surface area contributed by atoms with Gasteiger partial charge in [-0.2, -0.15) is 0 Å². The van der Waals surface area contributed by atoms with Crippen LogP contribution in [0.5, 0.6) is 11.5 Å². The van der Waals surface area contributed by atoms with Gasteiger partial charge in [0.1, 0.15) is 0 Å². The Bertz CT molecular complexity index is 518. The van der Waals surface area contributed by atoms with E-state index >= 15 is 0 Å². The molecule has 0 fully saturated rings. The van der Waals surface area contributed by atoms with Crippen molar-refractivity contribution in [2.75, 3.05) is 5.32 Å². The van der Waals surface area contributed by atoms with Crippen LogP contribution >= 0.6 is 22.6 Å². The van der Waals surface area contributed by atoms with Gasteiger partial charge in [-0.25, -0.2) is 0 Å². The van der Waals surface area contributed by atoms with Gasteiger partial charge in [0.2, 0.25) is 0 Å². The lowest BCUT2D eigenvalue weighted by molar-refractivity contribution is 0.403. The molecule has 0 bridgehead atoms. The van der Waals surface area contributed by atoms with Crippen LogP contribution in [0, 0.1) is 10.5 Å². The van der Waals surface area contributed by atoms with E-state index in [1.807, 2.05) is 6.07 Å². The monoisotopic (exact) mass is 355 g/mol. The van der Waals surface area contributed by atoms with Crippen LogP contribution in [0.2, 0.25) is 0 Å². The molecule has 18 heavy (non-hydrogen) atoms. The number of hydrogen-bond donors (Lipinski definition) is 3.